The van der Waals surface area contributed by atoms with Crippen molar-refractivity contribution < 1.29 is 4.43 Å². The highest BCUT2D eigenvalue weighted by molar-refractivity contribution is 6.73. The molecule has 24 heavy (non-hydrogen) atoms. The number of hydrogen-bond donors (Lipinski definition) is 0. The first-order chi connectivity index (χ1) is 11.5. The van der Waals surface area contributed by atoms with Gasteiger partial charge in [0.2, 0.25) is 0 Å². The van der Waals surface area contributed by atoms with E-state index in [2.05, 4.69) is 92.5 Å². The van der Waals surface area contributed by atoms with Gasteiger partial charge in [0.1, 0.15) is 0 Å². The van der Waals surface area contributed by atoms with Crippen LogP contribution in [-0.4, -0.2) is 8.32 Å². The molecule has 0 saturated heterocycles. The summed E-state index contributed by atoms with van der Waals surface area (Å²) < 4.78 is 6.30. The molecule has 0 amide bonds. The molecule has 0 N–H and O–H groups in total. The fraction of sp³-hybridized carbons (Fsp3) is 0.182. The predicted molar refractivity (Wildman–Crippen MR) is 106 cm³/mol. The maximum absolute atomic E-state index is 6.30. The molecule has 0 bridgehead atoms. The Morgan fingerprint density at radius 2 is 1.50 bits per heavy atom. The van der Waals surface area contributed by atoms with Crippen LogP contribution in [0.1, 0.15) is 23.6 Å². The molecule has 122 valence electrons. The Hall–Kier alpha value is -2.32. The van der Waals surface area contributed by atoms with E-state index in [0.717, 1.165) is 5.76 Å². The first kappa shape index (κ1) is 16.5. The third-order valence-electron chi connectivity index (χ3n) is 4.40. The van der Waals surface area contributed by atoms with Crippen LogP contribution in [0.4, 0.5) is 0 Å². The van der Waals surface area contributed by atoms with Crippen LogP contribution in [0.3, 0.4) is 0 Å². The molecule has 0 fully saturated rings. The molecule has 1 nitrogen and oxygen atoms in total. The first-order valence-electron chi connectivity index (χ1n) is 8.36. The Labute approximate surface area is 145 Å². The van der Waals surface area contributed by atoms with Gasteiger partial charge in [-0.3, -0.25) is 0 Å². The molecular weight excluding hydrogens is 308 g/mol. The van der Waals surface area contributed by atoms with Gasteiger partial charge in [0.05, 0.1) is 5.76 Å². The minimum atomic E-state index is -2.09. The fourth-order valence-corrected chi connectivity index (χ4v) is 6.62. The van der Waals surface area contributed by atoms with Crippen LogP contribution in [0, 0.1) is 0 Å². The van der Waals surface area contributed by atoms with Crippen molar-refractivity contribution in [3.63, 3.8) is 0 Å². The van der Waals surface area contributed by atoms with Crippen molar-refractivity contribution in [1.29, 1.82) is 0 Å². The lowest BCUT2D eigenvalue weighted by atomic mass is 9.98. The lowest BCUT2D eigenvalue weighted by Crippen LogP contribution is -2.39. The van der Waals surface area contributed by atoms with E-state index in [1.54, 1.807) is 0 Å². The van der Waals surface area contributed by atoms with Gasteiger partial charge < -0.3 is 4.43 Å². The third-order valence-corrected chi connectivity index (χ3v) is 7.31. The van der Waals surface area contributed by atoms with E-state index in [-0.39, 0.29) is 5.54 Å². The first-order valence-corrected chi connectivity index (χ1v) is 11.3. The van der Waals surface area contributed by atoms with E-state index in [0.29, 0.717) is 0 Å². The van der Waals surface area contributed by atoms with Gasteiger partial charge in [-0.15, -0.1) is 0 Å². The van der Waals surface area contributed by atoms with Crippen LogP contribution in [0.5, 0.6) is 0 Å². The van der Waals surface area contributed by atoms with Gasteiger partial charge in [-0.05, 0) is 41.9 Å². The molecule has 0 aliphatic rings. The number of allylic oxidation sites excluding steroid dienone is 1. The number of fused-ring (bicyclic) bond motifs is 1. The lowest BCUT2D eigenvalue weighted by molar-refractivity contribution is 0.413. The molecule has 3 aromatic carbocycles. The lowest BCUT2D eigenvalue weighted by Gasteiger charge is -2.34. The van der Waals surface area contributed by atoms with Crippen molar-refractivity contribution in [2.45, 2.75) is 25.6 Å². The Bertz CT molecular complexity index is 847. The molecular formula is C22H24OSi. The molecule has 0 aromatic heterocycles. The number of benzene rings is 3. The van der Waals surface area contributed by atoms with Gasteiger partial charge >= 0.3 is 0 Å². The quantitative estimate of drug-likeness (QED) is 0.395. The highest BCUT2D eigenvalue weighted by atomic mass is 28.4. The highest BCUT2D eigenvalue weighted by Crippen LogP contribution is 2.38. The van der Waals surface area contributed by atoms with Gasteiger partial charge in [-0.1, -0.05) is 79.4 Å². The van der Waals surface area contributed by atoms with Crippen molar-refractivity contribution in [2.75, 3.05) is 0 Å². The summed E-state index contributed by atoms with van der Waals surface area (Å²) in [5.74, 6) is 0.799. The van der Waals surface area contributed by atoms with Crippen LogP contribution in [-0.2, 0) is 4.43 Å². The second-order valence-corrected chi connectivity index (χ2v) is 10.8. The zero-order valence-corrected chi connectivity index (χ0v) is 15.6. The van der Waals surface area contributed by atoms with Crippen LogP contribution in [0.15, 0.2) is 85.1 Å². The topological polar surface area (TPSA) is 9.23 Å². The predicted octanol–water partition coefficient (Wildman–Crippen LogP) is 6.27. The minimum Gasteiger partial charge on any atom is -0.547 e. The molecule has 0 aliphatic heterocycles. The fourth-order valence-electron chi connectivity index (χ4n) is 3.61. The average Bonchev–Trinajstić information content (AvgIpc) is 2.55. The Morgan fingerprint density at radius 3 is 2.21 bits per heavy atom. The third kappa shape index (κ3) is 3.29. The molecule has 3 aromatic rings. The maximum Gasteiger partial charge on any atom is 0.256 e. The molecule has 3 rings (SSSR count). The molecule has 2 heteroatoms. The van der Waals surface area contributed by atoms with E-state index >= 15 is 0 Å². The summed E-state index contributed by atoms with van der Waals surface area (Å²) in [7, 11) is -2.09. The Kier molecular flexibility index (Phi) is 4.59. The number of hydrogen-bond acceptors (Lipinski definition) is 1. The standard InChI is InChI=1S/C22H24OSi/c1-17(2)23-24(3,4)22(19-12-6-5-7-13-19)21-16-10-14-18-11-8-9-15-20(18)21/h5-16,22H,1H2,2-4H3. The SMILES string of the molecule is C=C(C)O[Si](C)(C)C(c1ccccc1)c1cccc2ccccc12. The summed E-state index contributed by atoms with van der Waals surface area (Å²) in [4.78, 5) is 0. The molecule has 0 heterocycles. The van der Waals surface area contributed by atoms with E-state index < -0.39 is 8.32 Å². The van der Waals surface area contributed by atoms with Crippen molar-refractivity contribution in [3.8, 4) is 0 Å². The van der Waals surface area contributed by atoms with Crippen molar-refractivity contribution in [3.05, 3.63) is 96.3 Å². The maximum atomic E-state index is 6.30. The van der Waals surface area contributed by atoms with Gasteiger partial charge in [-0.25, -0.2) is 0 Å². The summed E-state index contributed by atoms with van der Waals surface area (Å²) in [6.07, 6.45) is 0. The zero-order chi connectivity index (χ0) is 17.2. The van der Waals surface area contributed by atoms with Crippen LogP contribution >= 0.6 is 0 Å². The molecule has 0 saturated carbocycles. The van der Waals surface area contributed by atoms with Crippen molar-refractivity contribution in [1.82, 2.24) is 0 Å². The van der Waals surface area contributed by atoms with Crippen LogP contribution in [0.25, 0.3) is 10.8 Å². The van der Waals surface area contributed by atoms with Gasteiger partial charge in [0.15, 0.2) is 0 Å². The molecule has 1 atom stereocenters. The van der Waals surface area contributed by atoms with Gasteiger partial charge in [-0.2, -0.15) is 0 Å². The van der Waals surface area contributed by atoms with E-state index in [1.807, 2.05) is 6.92 Å². The summed E-state index contributed by atoms with van der Waals surface area (Å²) in [5.41, 5.74) is 2.91. The summed E-state index contributed by atoms with van der Waals surface area (Å²) in [6.45, 7) is 10.5. The summed E-state index contributed by atoms with van der Waals surface area (Å²) in [6, 6.07) is 25.9. The summed E-state index contributed by atoms with van der Waals surface area (Å²) in [5, 5.41) is 2.58. The molecule has 0 aliphatic carbocycles. The molecule has 0 spiro atoms. The molecule has 1 unspecified atom stereocenters. The smallest absolute Gasteiger partial charge is 0.256 e. The Balaban J connectivity index is 2.23. The second kappa shape index (κ2) is 6.66. The van der Waals surface area contributed by atoms with Gasteiger partial charge in [0.25, 0.3) is 8.32 Å². The largest absolute Gasteiger partial charge is 0.547 e. The normalized spacial score (nSPS) is 12.8. The summed E-state index contributed by atoms with van der Waals surface area (Å²) >= 11 is 0. The minimum absolute atomic E-state index is 0.251. The molecule has 0 radical (unpaired) electrons. The van der Waals surface area contributed by atoms with Crippen LogP contribution in [0.2, 0.25) is 13.1 Å². The second-order valence-electron chi connectivity index (χ2n) is 6.82. The van der Waals surface area contributed by atoms with Crippen molar-refractivity contribution in [2.24, 2.45) is 0 Å². The van der Waals surface area contributed by atoms with Crippen LogP contribution < -0.4 is 0 Å². The van der Waals surface area contributed by atoms with E-state index in [1.165, 1.54) is 21.9 Å². The van der Waals surface area contributed by atoms with E-state index in [4.69, 9.17) is 4.43 Å². The highest BCUT2D eigenvalue weighted by Gasteiger charge is 2.38. The van der Waals surface area contributed by atoms with Gasteiger partial charge in [0, 0.05) is 5.54 Å². The van der Waals surface area contributed by atoms with Crippen molar-refractivity contribution >= 4 is 19.1 Å². The zero-order valence-electron chi connectivity index (χ0n) is 14.6. The number of rotatable bonds is 5. The monoisotopic (exact) mass is 332 g/mol. The Morgan fingerprint density at radius 1 is 0.875 bits per heavy atom. The van der Waals surface area contributed by atoms with E-state index in [9.17, 15) is 0 Å². The average molecular weight is 333 g/mol.